The van der Waals surface area contributed by atoms with E-state index in [1.54, 1.807) is 29.2 Å². The van der Waals surface area contributed by atoms with E-state index < -0.39 is 29.7 Å². The van der Waals surface area contributed by atoms with Gasteiger partial charge >= 0.3 is 5.97 Å². The Morgan fingerprint density at radius 2 is 1.66 bits per heavy atom. The van der Waals surface area contributed by atoms with Crippen molar-refractivity contribution in [3.63, 3.8) is 0 Å². The van der Waals surface area contributed by atoms with Crippen LogP contribution in [0.5, 0.6) is 0 Å². The molecule has 1 aliphatic heterocycles. The maximum atomic E-state index is 13.1. The van der Waals surface area contributed by atoms with E-state index in [0.717, 1.165) is 0 Å². The van der Waals surface area contributed by atoms with Crippen LogP contribution >= 0.6 is 0 Å². The molecular formula is C24H25FN2O5. The molecule has 1 unspecified atom stereocenters. The summed E-state index contributed by atoms with van der Waals surface area (Å²) in [4.78, 5) is 50.8. The Labute approximate surface area is 185 Å². The molecule has 1 saturated heterocycles. The largest absolute Gasteiger partial charge is 0.452 e. The quantitative estimate of drug-likeness (QED) is 0.549. The normalized spacial score (nSPS) is 15.0. The first-order valence-electron chi connectivity index (χ1n) is 10.4. The Balaban J connectivity index is 1.51. The van der Waals surface area contributed by atoms with Crippen LogP contribution in [0.25, 0.3) is 0 Å². The summed E-state index contributed by atoms with van der Waals surface area (Å²) < 4.78 is 18.4. The van der Waals surface area contributed by atoms with E-state index in [0.29, 0.717) is 42.7 Å². The van der Waals surface area contributed by atoms with Crippen molar-refractivity contribution >= 4 is 29.3 Å². The zero-order valence-corrected chi connectivity index (χ0v) is 18.0. The summed E-state index contributed by atoms with van der Waals surface area (Å²) in [6, 6.07) is 11.9. The molecule has 0 spiro atoms. The van der Waals surface area contributed by atoms with Crippen LogP contribution in [0, 0.1) is 11.7 Å². The lowest BCUT2D eigenvalue weighted by atomic mass is 9.96. The summed E-state index contributed by atoms with van der Waals surface area (Å²) in [5.41, 5.74) is 1.13. The number of hydrogen-bond donors (Lipinski definition) is 1. The molecule has 0 aliphatic carbocycles. The maximum Gasteiger partial charge on any atom is 0.309 e. The number of anilines is 1. The van der Waals surface area contributed by atoms with E-state index in [9.17, 15) is 23.6 Å². The minimum absolute atomic E-state index is 0.188. The number of halogens is 1. The molecular weight excluding hydrogens is 415 g/mol. The van der Waals surface area contributed by atoms with Crippen molar-refractivity contribution in [2.24, 2.45) is 5.92 Å². The van der Waals surface area contributed by atoms with Crippen molar-refractivity contribution in [1.29, 1.82) is 0 Å². The van der Waals surface area contributed by atoms with E-state index >= 15 is 0 Å². The minimum atomic E-state index is -1.04. The third-order valence-corrected chi connectivity index (χ3v) is 5.43. The number of ketones is 1. The van der Waals surface area contributed by atoms with Gasteiger partial charge in [0.15, 0.2) is 11.9 Å². The van der Waals surface area contributed by atoms with Crippen molar-refractivity contribution in [3.05, 3.63) is 65.5 Å². The van der Waals surface area contributed by atoms with Crippen molar-refractivity contribution < 1.29 is 28.3 Å². The van der Waals surface area contributed by atoms with E-state index in [4.69, 9.17) is 4.74 Å². The lowest BCUT2D eigenvalue weighted by Gasteiger charge is -2.31. The number of likely N-dealkylation sites (tertiary alicyclic amines) is 1. The summed E-state index contributed by atoms with van der Waals surface area (Å²) in [6.07, 6.45) is -0.220. The zero-order valence-electron chi connectivity index (χ0n) is 18.0. The van der Waals surface area contributed by atoms with Crippen LogP contribution in [0.3, 0.4) is 0 Å². The Hall–Kier alpha value is -3.55. The van der Waals surface area contributed by atoms with Crippen LogP contribution in [-0.2, 0) is 14.3 Å². The first-order chi connectivity index (χ1) is 15.3. The van der Waals surface area contributed by atoms with Crippen molar-refractivity contribution in [2.75, 3.05) is 18.4 Å². The second-order valence-corrected chi connectivity index (χ2v) is 7.74. The van der Waals surface area contributed by atoms with Crippen molar-refractivity contribution in [2.45, 2.75) is 32.8 Å². The van der Waals surface area contributed by atoms with Gasteiger partial charge in [-0.15, -0.1) is 0 Å². The fraction of sp³-hybridized carbons (Fsp3) is 0.333. The number of hydrogen-bond acceptors (Lipinski definition) is 5. The number of Topliss-reactive ketones (excluding diaryl/α,β-unsaturated/α-hetero) is 1. The monoisotopic (exact) mass is 440 g/mol. The molecule has 7 nitrogen and oxygen atoms in total. The lowest BCUT2D eigenvalue weighted by molar-refractivity contribution is -0.158. The summed E-state index contributed by atoms with van der Waals surface area (Å²) in [5.74, 6) is -2.27. The van der Waals surface area contributed by atoms with Crippen molar-refractivity contribution in [3.8, 4) is 0 Å². The van der Waals surface area contributed by atoms with Crippen LogP contribution in [-0.4, -0.2) is 47.7 Å². The smallest absolute Gasteiger partial charge is 0.309 e. The molecule has 1 heterocycles. The van der Waals surface area contributed by atoms with Gasteiger partial charge in [-0.1, -0.05) is 12.1 Å². The average Bonchev–Trinajstić information content (AvgIpc) is 2.79. The van der Waals surface area contributed by atoms with E-state index in [2.05, 4.69) is 5.32 Å². The maximum absolute atomic E-state index is 13.1. The number of ether oxygens (including phenoxy) is 1. The number of nitrogens with one attached hydrogen (secondary N) is 1. The summed E-state index contributed by atoms with van der Waals surface area (Å²) >= 11 is 0. The highest BCUT2D eigenvalue weighted by Crippen LogP contribution is 2.22. The first kappa shape index (κ1) is 23.1. The molecule has 3 rings (SSSR count). The van der Waals surface area contributed by atoms with Gasteiger partial charge in [0.1, 0.15) is 5.82 Å². The molecule has 0 radical (unpaired) electrons. The van der Waals surface area contributed by atoms with E-state index in [1.165, 1.54) is 38.1 Å². The Morgan fingerprint density at radius 3 is 2.28 bits per heavy atom. The molecule has 168 valence electrons. The average molecular weight is 440 g/mol. The topological polar surface area (TPSA) is 92.8 Å². The van der Waals surface area contributed by atoms with Gasteiger partial charge in [0.05, 0.1) is 11.6 Å². The Kier molecular flexibility index (Phi) is 7.35. The van der Waals surface area contributed by atoms with Gasteiger partial charge in [-0.25, -0.2) is 4.39 Å². The summed E-state index contributed by atoms with van der Waals surface area (Å²) in [5, 5.41) is 2.63. The third-order valence-electron chi connectivity index (χ3n) is 5.43. The van der Waals surface area contributed by atoms with Crippen LogP contribution in [0.2, 0.25) is 0 Å². The third kappa shape index (κ3) is 5.57. The predicted octanol–water partition coefficient (Wildman–Crippen LogP) is 3.45. The molecule has 2 amide bonds. The summed E-state index contributed by atoms with van der Waals surface area (Å²) in [7, 11) is 0. The first-order valence-corrected chi connectivity index (χ1v) is 10.4. The number of piperidine rings is 1. The number of amides is 2. The Bertz CT molecular complexity index is 1010. The van der Waals surface area contributed by atoms with Gasteiger partial charge in [-0.3, -0.25) is 19.2 Å². The number of esters is 1. The van der Waals surface area contributed by atoms with Crippen LogP contribution in [0.4, 0.5) is 10.1 Å². The summed E-state index contributed by atoms with van der Waals surface area (Å²) in [6.45, 7) is 3.60. The SMILES string of the molecule is CC(=O)c1ccccc1NC(=O)C(C)OC(=O)C1CCN(C(=O)c2ccc(F)cc2)CC1. The van der Waals surface area contributed by atoms with Crippen LogP contribution < -0.4 is 5.32 Å². The van der Waals surface area contributed by atoms with Gasteiger partial charge in [0.25, 0.3) is 11.8 Å². The minimum Gasteiger partial charge on any atom is -0.452 e. The number of carbonyl (C=O) groups is 4. The van der Waals surface area contributed by atoms with Gasteiger partial charge in [0, 0.05) is 24.2 Å². The second-order valence-electron chi connectivity index (χ2n) is 7.74. The van der Waals surface area contributed by atoms with Gasteiger partial charge < -0.3 is 15.0 Å². The fourth-order valence-corrected chi connectivity index (χ4v) is 3.55. The van der Waals surface area contributed by atoms with Gasteiger partial charge in [0.2, 0.25) is 0 Å². The van der Waals surface area contributed by atoms with Crippen LogP contribution in [0.15, 0.2) is 48.5 Å². The second kappa shape index (κ2) is 10.2. The van der Waals surface area contributed by atoms with Crippen LogP contribution in [0.1, 0.15) is 47.4 Å². The molecule has 2 aromatic rings. The fourth-order valence-electron chi connectivity index (χ4n) is 3.55. The molecule has 1 atom stereocenters. The van der Waals surface area contributed by atoms with Crippen molar-refractivity contribution in [1.82, 2.24) is 4.90 Å². The molecule has 1 N–H and O–H groups in total. The number of nitrogens with zero attached hydrogens (tertiary/aromatic N) is 1. The number of benzene rings is 2. The molecule has 8 heteroatoms. The van der Waals surface area contributed by atoms with E-state index in [1.807, 2.05) is 0 Å². The molecule has 32 heavy (non-hydrogen) atoms. The molecule has 0 saturated carbocycles. The predicted molar refractivity (Wildman–Crippen MR) is 116 cm³/mol. The number of rotatable bonds is 6. The van der Waals surface area contributed by atoms with Gasteiger partial charge in [-0.05, 0) is 63.1 Å². The standard InChI is InChI=1S/C24H25FN2O5/c1-15(28)20-5-3-4-6-21(20)26-22(29)16(2)32-24(31)18-11-13-27(14-12-18)23(30)17-7-9-19(25)10-8-17/h3-10,16,18H,11-14H2,1-2H3,(H,26,29). The number of para-hydroxylation sites is 1. The zero-order chi connectivity index (χ0) is 23.3. The molecule has 0 bridgehead atoms. The number of carbonyl (C=O) groups excluding carboxylic acids is 4. The Morgan fingerprint density at radius 1 is 1.03 bits per heavy atom. The molecule has 1 aliphatic rings. The molecule has 1 fully saturated rings. The highest BCUT2D eigenvalue weighted by atomic mass is 19.1. The molecule has 0 aromatic heterocycles. The van der Waals surface area contributed by atoms with E-state index in [-0.39, 0.29) is 11.7 Å². The highest BCUT2D eigenvalue weighted by Gasteiger charge is 2.31. The van der Waals surface area contributed by atoms with Gasteiger partial charge in [-0.2, -0.15) is 0 Å². The molecule has 2 aromatic carbocycles. The highest BCUT2D eigenvalue weighted by molar-refractivity contribution is 6.04. The lowest BCUT2D eigenvalue weighted by Crippen LogP contribution is -2.41.